The number of aliphatic hydroxyl groups is 1. The van der Waals surface area contributed by atoms with E-state index in [0.29, 0.717) is 15.7 Å². The number of thiazole rings is 1. The maximum atomic E-state index is 14.0. The van der Waals surface area contributed by atoms with Crippen LogP contribution in [0.5, 0.6) is 0 Å². The lowest BCUT2D eigenvalue weighted by Gasteiger charge is -2.48. The summed E-state index contributed by atoms with van der Waals surface area (Å²) in [6.07, 6.45) is -2.15. The second-order valence-corrected chi connectivity index (χ2v) is 20.4. The van der Waals surface area contributed by atoms with Gasteiger partial charge < -0.3 is 19.0 Å². The van der Waals surface area contributed by atoms with Gasteiger partial charge >= 0.3 is 5.97 Å². The van der Waals surface area contributed by atoms with Crippen molar-refractivity contribution in [2.24, 2.45) is 0 Å². The van der Waals surface area contributed by atoms with Crippen molar-refractivity contribution in [2.75, 3.05) is 6.61 Å². The molecule has 2 aromatic heterocycles. The summed E-state index contributed by atoms with van der Waals surface area (Å²) in [7, 11) is -3.10. The van der Waals surface area contributed by atoms with Crippen molar-refractivity contribution in [1.82, 2.24) is 14.9 Å². The van der Waals surface area contributed by atoms with Gasteiger partial charge in [-0.05, 0) is 39.7 Å². The number of rotatable bonds is 10. The molecule has 5 atom stereocenters. The number of hydrogen-bond donors (Lipinski definition) is 1. The monoisotopic (exact) mass is 765 g/mol. The highest BCUT2D eigenvalue weighted by molar-refractivity contribution is 8.01. The molecule has 2 aliphatic rings. The minimum Gasteiger partial charge on any atom is -0.457 e. The van der Waals surface area contributed by atoms with Crippen molar-refractivity contribution in [3.8, 4) is 11.4 Å². The van der Waals surface area contributed by atoms with E-state index in [-0.39, 0.29) is 22.8 Å². The first-order valence-electron chi connectivity index (χ1n) is 17.3. The highest BCUT2D eigenvalue weighted by Crippen LogP contribution is 2.43. The van der Waals surface area contributed by atoms with Crippen LogP contribution in [-0.2, 0) is 18.7 Å². The Hall–Kier alpha value is -4.50. The zero-order valence-electron chi connectivity index (χ0n) is 29.6. The van der Waals surface area contributed by atoms with Gasteiger partial charge in [-0.25, -0.2) is 4.98 Å². The van der Waals surface area contributed by atoms with Gasteiger partial charge in [0.15, 0.2) is 10.4 Å². The number of carbonyl (C=O) groups excluding carboxylic acids is 3. The Morgan fingerprint density at radius 3 is 2.02 bits per heavy atom. The molecular weight excluding hydrogens is 727 g/mol. The quantitative estimate of drug-likeness (QED) is 0.110. The molecule has 3 aromatic carbocycles. The van der Waals surface area contributed by atoms with Crippen molar-refractivity contribution < 1.29 is 33.4 Å². The van der Waals surface area contributed by atoms with Crippen LogP contribution in [-0.4, -0.2) is 82.5 Å². The molecule has 0 bridgehead atoms. The molecule has 272 valence electrons. The molecule has 2 aliphatic heterocycles. The van der Waals surface area contributed by atoms with E-state index in [1.807, 2.05) is 60.0 Å². The van der Waals surface area contributed by atoms with E-state index < -0.39 is 55.9 Å². The fourth-order valence-electron chi connectivity index (χ4n) is 7.23. The fraction of sp³-hybridized carbons (Fsp3) is 0.275. The molecular formula is C40H39N3O7S2Si. The van der Waals surface area contributed by atoms with Crippen LogP contribution >= 0.6 is 23.1 Å². The zero-order chi connectivity index (χ0) is 37.3. The molecule has 53 heavy (non-hydrogen) atoms. The number of hydrogen-bond acceptors (Lipinski definition) is 11. The summed E-state index contributed by atoms with van der Waals surface area (Å²) < 4.78 is 20.4. The Balaban J connectivity index is 1.29. The Morgan fingerprint density at radius 1 is 0.887 bits per heavy atom. The van der Waals surface area contributed by atoms with Crippen molar-refractivity contribution in [3.05, 3.63) is 126 Å². The number of amides is 2. The Kier molecular flexibility index (Phi) is 10.5. The molecule has 0 spiro atoms. The van der Waals surface area contributed by atoms with Crippen molar-refractivity contribution in [1.29, 1.82) is 0 Å². The molecule has 0 radical (unpaired) electrons. The van der Waals surface area contributed by atoms with Crippen molar-refractivity contribution >= 4 is 59.6 Å². The largest absolute Gasteiger partial charge is 0.457 e. The number of aliphatic hydroxyl groups excluding tert-OH is 1. The maximum Gasteiger partial charge on any atom is 0.303 e. The molecule has 1 N–H and O–H groups in total. The van der Waals surface area contributed by atoms with Gasteiger partial charge in [-0.2, -0.15) is 0 Å². The van der Waals surface area contributed by atoms with Crippen LogP contribution in [0.4, 0.5) is 0 Å². The predicted molar refractivity (Wildman–Crippen MR) is 206 cm³/mol. The summed E-state index contributed by atoms with van der Waals surface area (Å²) >= 11 is 2.54. The molecule has 2 amide bonds. The molecule has 7 rings (SSSR count). The van der Waals surface area contributed by atoms with E-state index >= 15 is 0 Å². The lowest BCUT2D eigenvalue weighted by atomic mass is 9.96. The number of nitrogens with zero attached hydrogens (tertiary/aromatic N) is 3. The SMILES string of the molecule is CC(=O)OC1C(O)C(CO[Si](c2ccccc2)(c2ccccc2)C(C)(C)C)OC(Sc2nc(-c3ccccn3)cs2)C1N1C(=O)c2ccccc2C1=O. The summed E-state index contributed by atoms with van der Waals surface area (Å²) in [6, 6.07) is 31.1. The van der Waals surface area contributed by atoms with Crippen LogP contribution < -0.4 is 10.4 Å². The van der Waals surface area contributed by atoms with Gasteiger partial charge in [0.25, 0.3) is 20.1 Å². The van der Waals surface area contributed by atoms with Gasteiger partial charge in [-0.1, -0.05) is 111 Å². The number of imide groups is 1. The van der Waals surface area contributed by atoms with Crippen molar-refractivity contribution in [3.63, 3.8) is 0 Å². The van der Waals surface area contributed by atoms with Gasteiger partial charge in [-0.3, -0.25) is 24.3 Å². The van der Waals surface area contributed by atoms with Crippen LogP contribution in [0.15, 0.2) is 119 Å². The van der Waals surface area contributed by atoms with E-state index in [2.05, 4.69) is 50.0 Å². The Labute approximate surface area is 317 Å². The summed E-state index contributed by atoms with van der Waals surface area (Å²) in [5.74, 6) is -1.81. The zero-order valence-corrected chi connectivity index (χ0v) is 32.3. The predicted octanol–water partition coefficient (Wildman–Crippen LogP) is 5.56. The number of pyridine rings is 1. The van der Waals surface area contributed by atoms with Crippen LogP contribution in [0.1, 0.15) is 48.4 Å². The van der Waals surface area contributed by atoms with Gasteiger partial charge in [0.1, 0.15) is 29.4 Å². The molecule has 1 saturated heterocycles. The van der Waals surface area contributed by atoms with E-state index in [9.17, 15) is 19.5 Å². The fourth-order valence-corrected chi connectivity index (χ4v) is 13.9. The molecule has 13 heteroatoms. The number of benzene rings is 3. The van der Waals surface area contributed by atoms with Gasteiger partial charge in [0, 0.05) is 18.5 Å². The third-order valence-corrected chi connectivity index (χ3v) is 16.7. The minimum absolute atomic E-state index is 0.0742. The van der Waals surface area contributed by atoms with E-state index in [1.54, 1.807) is 30.5 Å². The molecule has 5 aromatic rings. The van der Waals surface area contributed by atoms with E-state index in [0.717, 1.165) is 15.3 Å². The van der Waals surface area contributed by atoms with Crippen LogP contribution in [0.25, 0.3) is 11.4 Å². The number of esters is 1. The second-order valence-electron chi connectivity index (χ2n) is 13.9. The van der Waals surface area contributed by atoms with E-state index in [4.69, 9.17) is 18.9 Å². The highest BCUT2D eigenvalue weighted by Gasteiger charge is 2.57. The Bertz CT molecular complexity index is 2020. The normalized spacial score (nSPS) is 21.8. The van der Waals surface area contributed by atoms with E-state index in [1.165, 1.54) is 30.0 Å². The number of ether oxygens (including phenoxy) is 2. The highest BCUT2D eigenvalue weighted by atomic mass is 32.2. The first kappa shape index (κ1) is 36.8. The van der Waals surface area contributed by atoms with Crippen LogP contribution in [0.2, 0.25) is 5.04 Å². The van der Waals surface area contributed by atoms with Gasteiger partial charge in [-0.15, -0.1) is 11.3 Å². The summed E-state index contributed by atoms with van der Waals surface area (Å²) in [5.41, 5.74) is 0.763. The number of thioether (sulfide) groups is 1. The minimum atomic E-state index is -3.10. The molecule has 4 heterocycles. The lowest BCUT2D eigenvalue weighted by Crippen LogP contribution is -2.69. The van der Waals surface area contributed by atoms with Crippen molar-refractivity contribution in [2.45, 2.75) is 66.9 Å². The topological polar surface area (TPSA) is 128 Å². The summed E-state index contributed by atoms with van der Waals surface area (Å²) in [4.78, 5) is 51.0. The van der Waals surface area contributed by atoms with Crippen LogP contribution in [0.3, 0.4) is 0 Å². The van der Waals surface area contributed by atoms with Gasteiger partial charge in [0.05, 0.1) is 23.4 Å². The summed E-state index contributed by atoms with van der Waals surface area (Å²) in [6.45, 7) is 7.61. The summed E-state index contributed by atoms with van der Waals surface area (Å²) in [5, 5.41) is 15.7. The average molecular weight is 766 g/mol. The molecule has 0 saturated carbocycles. The molecule has 0 aliphatic carbocycles. The average Bonchev–Trinajstić information content (AvgIpc) is 3.72. The molecule has 10 nitrogen and oxygen atoms in total. The lowest BCUT2D eigenvalue weighted by molar-refractivity contribution is -0.200. The second kappa shape index (κ2) is 15.1. The Morgan fingerprint density at radius 2 is 1.47 bits per heavy atom. The smallest absolute Gasteiger partial charge is 0.303 e. The standard InChI is InChI=1S/C40H39N3O7S2Si/c1-25(44)49-35-33(43-36(46)28-19-11-12-20-29(28)37(43)47)38(52-39-42-31(24-51-39)30-21-13-14-22-41-30)50-32(34(35)45)23-48-53(40(2,3)4,26-15-7-5-8-16-26)27-17-9-6-10-18-27/h5-22,24,32-35,38,45H,23H2,1-4H3. The molecule has 5 unspecified atom stereocenters. The third-order valence-electron chi connectivity index (χ3n) is 9.58. The number of fused-ring (bicyclic) bond motifs is 1. The maximum absolute atomic E-state index is 14.0. The number of aromatic nitrogens is 2. The first-order chi connectivity index (χ1) is 25.5. The first-order valence-corrected chi connectivity index (χ1v) is 20.9. The number of carbonyl (C=O) groups is 3. The molecule has 1 fully saturated rings. The van der Waals surface area contributed by atoms with Gasteiger partial charge in [0.2, 0.25) is 0 Å². The van der Waals surface area contributed by atoms with Crippen LogP contribution in [0, 0.1) is 0 Å². The third kappa shape index (κ3) is 7.00.